The van der Waals surface area contributed by atoms with Gasteiger partial charge in [-0.25, -0.2) is 0 Å². The molecule has 1 aromatic heterocycles. The van der Waals surface area contributed by atoms with Crippen LogP contribution in [0.4, 0.5) is 5.69 Å². The molecule has 2 rings (SSSR count). The van der Waals surface area contributed by atoms with Crippen LogP contribution in [0.15, 0.2) is 18.5 Å². The van der Waals surface area contributed by atoms with Crippen LogP contribution in [0.1, 0.15) is 43.5 Å². The first-order chi connectivity index (χ1) is 9.26. The number of nitrogens with zero attached hydrogens (tertiary/aromatic N) is 3. The summed E-state index contributed by atoms with van der Waals surface area (Å²) >= 11 is 0. The molecule has 4 nitrogen and oxygen atoms in total. The quantitative estimate of drug-likeness (QED) is 0.835. The second-order valence-electron chi connectivity index (χ2n) is 4.96. The van der Waals surface area contributed by atoms with Crippen LogP contribution in [-0.2, 0) is 0 Å². The molecular formula is C15H23N3O. The highest BCUT2D eigenvalue weighted by atomic mass is 16.2. The van der Waals surface area contributed by atoms with Gasteiger partial charge in [-0.3, -0.25) is 9.78 Å². The topological polar surface area (TPSA) is 36.4 Å². The molecule has 1 saturated heterocycles. The van der Waals surface area contributed by atoms with Crippen molar-refractivity contribution in [3.8, 4) is 0 Å². The van der Waals surface area contributed by atoms with Crippen LogP contribution < -0.4 is 4.90 Å². The van der Waals surface area contributed by atoms with Crippen molar-refractivity contribution in [3.63, 3.8) is 0 Å². The lowest BCUT2D eigenvalue weighted by Crippen LogP contribution is -2.35. The van der Waals surface area contributed by atoms with E-state index in [9.17, 15) is 4.79 Å². The van der Waals surface area contributed by atoms with Crippen molar-refractivity contribution in [3.05, 3.63) is 24.0 Å². The van der Waals surface area contributed by atoms with Crippen molar-refractivity contribution < 1.29 is 4.79 Å². The SMILES string of the molecule is CCN(CC)c1cncc(C(=O)N2CCCCC2)c1. The lowest BCUT2D eigenvalue weighted by atomic mass is 10.1. The largest absolute Gasteiger partial charge is 0.371 e. The van der Waals surface area contributed by atoms with Crippen molar-refractivity contribution in [2.45, 2.75) is 33.1 Å². The van der Waals surface area contributed by atoms with Crippen LogP contribution in [0.5, 0.6) is 0 Å². The molecule has 0 spiro atoms. The van der Waals surface area contributed by atoms with Crippen molar-refractivity contribution in [2.24, 2.45) is 0 Å². The van der Waals surface area contributed by atoms with E-state index in [2.05, 4.69) is 23.7 Å². The lowest BCUT2D eigenvalue weighted by Gasteiger charge is -2.27. The Morgan fingerprint density at radius 3 is 2.53 bits per heavy atom. The highest BCUT2D eigenvalue weighted by molar-refractivity contribution is 5.94. The van der Waals surface area contributed by atoms with Crippen molar-refractivity contribution >= 4 is 11.6 Å². The molecule has 0 radical (unpaired) electrons. The maximum Gasteiger partial charge on any atom is 0.255 e. The Balaban J connectivity index is 2.15. The van der Waals surface area contributed by atoms with E-state index >= 15 is 0 Å². The molecule has 0 saturated carbocycles. The number of amides is 1. The molecule has 1 fully saturated rings. The van der Waals surface area contributed by atoms with E-state index in [0.29, 0.717) is 5.56 Å². The van der Waals surface area contributed by atoms with E-state index in [4.69, 9.17) is 0 Å². The van der Waals surface area contributed by atoms with E-state index in [-0.39, 0.29) is 5.91 Å². The molecule has 0 aliphatic carbocycles. The minimum atomic E-state index is 0.126. The first-order valence-corrected chi connectivity index (χ1v) is 7.25. The average molecular weight is 261 g/mol. The zero-order valence-electron chi connectivity index (χ0n) is 11.9. The summed E-state index contributed by atoms with van der Waals surface area (Å²) in [6.45, 7) is 7.85. The predicted octanol–water partition coefficient (Wildman–Crippen LogP) is 2.55. The highest BCUT2D eigenvalue weighted by Crippen LogP contribution is 2.17. The summed E-state index contributed by atoms with van der Waals surface area (Å²) in [4.78, 5) is 20.8. The molecule has 0 aromatic carbocycles. The number of aromatic nitrogens is 1. The number of carbonyl (C=O) groups is 1. The Bertz CT molecular complexity index is 423. The van der Waals surface area contributed by atoms with Gasteiger partial charge in [-0.05, 0) is 39.2 Å². The third-order valence-corrected chi connectivity index (χ3v) is 3.74. The molecule has 1 amide bonds. The Morgan fingerprint density at radius 1 is 1.21 bits per heavy atom. The summed E-state index contributed by atoms with van der Waals surface area (Å²) in [6, 6.07) is 1.97. The van der Waals surface area contributed by atoms with Gasteiger partial charge < -0.3 is 9.80 Å². The first-order valence-electron chi connectivity index (χ1n) is 7.25. The normalized spacial score (nSPS) is 15.4. The standard InChI is InChI=1S/C15H23N3O/c1-3-17(4-2)14-10-13(11-16-12-14)15(19)18-8-6-5-7-9-18/h10-12H,3-9H2,1-2H3. The van der Waals surface area contributed by atoms with Gasteiger partial charge in [0.15, 0.2) is 0 Å². The number of hydrogen-bond acceptors (Lipinski definition) is 3. The first kappa shape index (κ1) is 13.8. The van der Waals surface area contributed by atoms with E-state index in [0.717, 1.165) is 44.7 Å². The fraction of sp³-hybridized carbons (Fsp3) is 0.600. The zero-order valence-corrected chi connectivity index (χ0v) is 11.9. The van der Waals surface area contributed by atoms with Crippen LogP contribution in [-0.4, -0.2) is 42.0 Å². The van der Waals surface area contributed by atoms with Gasteiger partial charge in [-0.2, -0.15) is 0 Å². The van der Waals surface area contributed by atoms with E-state index in [1.54, 1.807) is 6.20 Å². The van der Waals surface area contributed by atoms with Gasteiger partial charge in [0.1, 0.15) is 0 Å². The Hall–Kier alpha value is -1.58. The highest BCUT2D eigenvalue weighted by Gasteiger charge is 2.19. The molecule has 4 heteroatoms. The van der Waals surface area contributed by atoms with Gasteiger partial charge in [0.2, 0.25) is 0 Å². The fourth-order valence-electron chi connectivity index (χ4n) is 2.59. The number of anilines is 1. The molecule has 0 atom stereocenters. The Labute approximate surface area is 115 Å². The maximum absolute atomic E-state index is 12.4. The average Bonchev–Trinajstić information content (AvgIpc) is 2.49. The second kappa shape index (κ2) is 6.55. The van der Waals surface area contributed by atoms with Crippen LogP contribution >= 0.6 is 0 Å². The van der Waals surface area contributed by atoms with Gasteiger partial charge in [0.25, 0.3) is 5.91 Å². The van der Waals surface area contributed by atoms with Crippen LogP contribution in [0, 0.1) is 0 Å². The third-order valence-electron chi connectivity index (χ3n) is 3.74. The molecule has 2 heterocycles. The van der Waals surface area contributed by atoms with Gasteiger partial charge >= 0.3 is 0 Å². The second-order valence-corrected chi connectivity index (χ2v) is 4.96. The molecular weight excluding hydrogens is 238 g/mol. The van der Waals surface area contributed by atoms with Crippen molar-refractivity contribution in [2.75, 3.05) is 31.1 Å². The van der Waals surface area contributed by atoms with Crippen LogP contribution in [0.3, 0.4) is 0 Å². The summed E-state index contributed by atoms with van der Waals surface area (Å²) in [5, 5.41) is 0. The number of piperidine rings is 1. The Kier molecular flexibility index (Phi) is 4.77. The summed E-state index contributed by atoms with van der Waals surface area (Å²) in [7, 11) is 0. The minimum Gasteiger partial charge on any atom is -0.371 e. The molecule has 0 bridgehead atoms. The molecule has 1 aromatic rings. The number of likely N-dealkylation sites (tertiary alicyclic amines) is 1. The van der Waals surface area contributed by atoms with Crippen LogP contribution in [0.25, 0.3) is 0 Å². The minimum absolute atomic E-state index is 0.126. The Morgan fingerprint density at radius 2 is 1.89 bits per heavy atom. The third kappa shape index (κ3) is 3.25. The smallest absolute Gasteiger partial charge is 0.255 e. The maximum atomic E-state index is 12.4. The summed E-state index contributed by atoms with van der Waals surface area (Å²) in [5.41, 5.74) is 1.75. The fourth-order valence-corrected chi connectivity index (χ4v) is 2.59. The number of rotatable bonds is 4. The molecule has 104 valence electrons. The summed E-state index contributed by atoms with van der Waals surface area (Å²) in [5.74, 6) is 0.126. The number of hydrogen-bond donors (Lipinski definition) is 0. The van der Waals surface area contributed by atoms with Gasteiger partial charge in [0, 0.05) is 32.4 Å². The van der Waals surface area contributed by atoms with Gasteiger partial charge in [-0.1, -0.05) is 0 Å². The van der Waals surface area contributed by atoms with E-state index < -0.39 is 0 Å². The predicted molar refractivity (Wildman–Crippen MR) is 77.6 cm³/mol. The molecule has 0 N–H and O–H groups in total. The zero-order chi connectivity index (χ0) is 13.7. The number of pyridine rings is 1. The number of carbonyl (C=O) groups excluding carboxylic acids is 1. The van der Waals surface area contributed by atoms with Crippen molar-refractivity contribution in [1.29, 1.82) is 0 Å². The monoisotopic (exact) mass is 261 g/mol. The molecule has 1 aliphatic heterocycles. The van der Waals surface area contributed by atoms with E-state index in [1.165, 1.54) is 6.42 Å². The molecule has 0 unspecified atom stereocenters. The van der Waals surface area contributed by atoms with Gasteiger partial charge in [-0.15, -0.1) is 0 Å². The van der Waals surface area contributed by atoms with Crippen LogP contribution in [0.2, 0.25) is 0 Å². The van der Waals surface area contributed by atoms with Crippen molar-refractivity contribution in [1.82, 2.24) is 9.88 Å². The van der Waals surface area contributed by atoms with E-state index in [1.807, 2.05) is 17.2 Å². The summed E-state index contributed by atoms with van der Waals surface area (Å²) < 4.78 is 0. The lowest BCUT2D eigenvalue weighted by molar-refractivity contribution is 0.0724. The summed E-state index contributed by atoms with van der Waals surface area (Å²) in [6.07, 6.45) is 7.00. The van der Waals surface area contributed by atoms with Gasteiger partial charge in [0.05, 0.1) is 17.4 Å². The molecule has 1 aliphatic rings. The molecule has 19 heavy (non-hydrogen) atoms.